The summed E-state index contributed by atoms with van der Waals surface area (Å²) in [5.41, 5.74) is 1.49. The van der Waals surface area contributed by atoms with E-state index in [1.807, 2.05) is 37.2 Å². The first-order valence-electron chi connectivity index (χ1n) is 8.71. The fraction of sp³-hybridized carbons (Fsp3) is 0.474. The fourth-order valence-electron chi connectivity index (χ4n) is 3.35. The van der Waals surface area contributed by atoms with Gasteiger partial charge in [-0.1, -0.05) is 30.3 Å². The van der Waals surface area contributed by atoms with Crippen molar-refractivity contribution in [2.24, 2.45) is 0 Å². The van der Waals surface area contributed by atoms with Gasteiger partial charge < -0.3 is 20.0 Å². The summed E-state index contributed by atoms with van der Waals surface area (Å²) < 4.78 is 0. The summed E-state index contributed by atoms with van der Waals surface area (Å²) in [4.78, 5) is 30.5. The van der Waals surface area contributed by atoms with Crippen LogP contribution in [0, 0.1) is 0 Å². The minimum Gasteiger partial charge on any atom is -0.378 e. The van der Waals surface area contributed by atoms with Crippen LogP contribution < -0.4 is 21.1 Å². The minimum absolute atomic E-state index is 0.131. The van der Waals surface area contributed by atoms with Gasteiger partial charge in [-0.25, -0.2) is 0 Å². The largest absolute Gasteiger partial charge is 0.378 e. The van der Waals surface area contributed by atoms with Gasteiger partial charge in [-0.2, -0.15) is 0 Å². The second kappa shape index (κ2) is 7.37. The Morgan fingerprint density at radius 3 is 2.28 bits per heavy atom. The maximum absolute atomic E-state index is 12.1. The fourth-order valence-corrected chi connectivity index (χ4v) is 3.35. The van der Waals surface area contributed by atoms with Gasteiger partial charge in [0, 0.05) is 32.7 Å². The molecule has 134 valence electrons. The van der Waals surface area contributed by atoms with Gasteiger partial charge in [0.05, 0.1) is 6.04 Å². The van der Waals surface area contributed by atoms with E-state index in [0.29, 0.717) is 17.9 Å². The average Bonchev–Trinajstić information content (AvgIpc) is 2.62. The lowest BCUT2D eigenvalue weighted by Gasteiger charge is -2.35. The molecular weight excluding hydrogens is 316 g/mol. The molecule has 2 aromatic carbocycles. The van der Waals surface area contributed by atoms with E-state index in [9.17, 15) is 9.59 Å². The summed E-state index contributed by atoms with van der Waals surface area (Å²) in [7, 11) is 6.10. The zero-order chi connectivity index (χ0) is 18.0. The monoisotopic (exact) mass is 342 g/mol. The Morgan fingerprint density at radius 1 is 1.04 bits per heavy atom. The SMILES string of the molecule is CN1CCN(c2c(NCC(c3ccccc3)N(C)C)c(=O)c2=O)CC1. The summed E-state index contributed by atoms with van der Waals surface area (Å²) in [6.07, 6.45) is 0. The number of anilines is 2. The zero-order valence-corrected chi connectivity index (χ0v) is 15.2. The molecule has 1 unspecified atom stereocenters. The molecule has 1 saturated heterocycles. The first kappa shape index (κ1) is 17.6. The quantitative estimate of drug-likeness (QED) is 0.782. The highest BCUT2D eigenvalue weighted by molar-refractivity contribution is 5.75. The van der Waals surface area contributed by atoms with Crippen LogP contribution in [0.2, 0.25) is 0 Å². The molecule has 1 aliphatic heterocycles. The molecule has 3 rings (SSSR count). The van der Waals surface area contributed by atoms with E-state index in [1.165, 1.54) is 5.56 Å². The number of likely N-dealkylation sites (N-methyl/N-ethyl adjacent to an activating group) is 2. The molecule has 6 heteroatoms. The number of benzene rings is 1. The third kappa shape index (κ3) is 3.60. The van der Waals surface area contributed by atoms with E-state index in [-0.39, 0.29) is 16.9 Å². The van der Waals surface area contributed by atoms with Gasteiger partial charge >= 0.3 is 0 Å². The van der Waals surface area contributed by atoms with Gasteiger partial charge in [-0.05, 0) is 26.7 Å². The lowest BCUT2D eigenvalue weighted by atomic mass is 10.1. The number of nitrogens with one attached hydrogen (secondary N) is 1. The summed E-state index contributed by atoms with van der Waals surface area (Å²) >= 11 is 0. The molecule has 0 aliphatic carbocycles. The van der Waals surface area contributed by atoms with Gasteiger partial charge in [-0.3, -0.25) is 9.59 Å². The highest BCUT2D eigenvalue weighted by Gasteiger charge is 2.28. The lowest BCUT2D eigenvalue weighted by molar-refractivity contribution is 0.310. The molecule has 2 aromatic rings. The first-order valence-corrected chi connectivity index (χ1v) is 8.71. The minimum atomic E-state index is -0.389. The molecule has 0 spiro atoms. The number of hydrogen-bond donors (Lipinski definition) is 1. The Hall–Kier alpha value is -2.18. The third-order valence-electron chi connectivity index (χ3n) is 4.98. The molecule has 1 atom stereocenters. The molecular formula is C19H26N4O2. The Labute approximate surface area is 148 Å². The van der Waals surface area contributed by atoms with Crippen LogP contribution in [-0.2, 0) is 0 Å². The molecule has 1 fully saturated rings. The second-order valence-corrected chi connectivity index (χ2v) is 6.94. The molecule has 0 aromatic heterocycles. The summed E-state index contributed by atoms with van der Waals surface area (Å²) in [5.74, 6) is 0. The van der Waals surface area contributed by atoms with Crippen LogP contribution in [0.1, 0.15) is 11.6 Å². The predicted octanol–water partition coefficient (Wildman–Crippen LogP) is 0.749. The lowest BCUT2D eigenvalue weighted by Crippen LogP contribution is -2.50. The Kier molecular flexibility index (Phi) is 5.20. The summed E-state index contributed by atoms with van der Waals surface area (Å²) in [5, 5.41) is 3.25. The van der Waals surface area contributed by atoms with E-state index in [4.69, 9.17) is 0 Å². The maximum atomic E-state index is 12.1. The highest BCUT2D eigenvalue weighted by atomic mass is 16.2. The van der Waals surface area contributed by atoms with E-state index in [0.717, 1.165) is 26.2 Å². The number of hydrogen-bond acceptors (Lipinski definition) is 6. The molecule has 25 heavy (non-hydrogen) atoms. The number of piperazine rings is 1. The molecule has 1 N–H and O–H groups in total. The van der Waals surface area contributed by atoms with Crippen molar-refractivity contribution in [3.8, 4) is 0 Å². The number of nitrogens with zero attached hydrogens (tertiary/aromatic N) is 3. The van der Waals surface area contributed by atoms with E-state index in [2.05, 4.69) is 34.3 Å². The molecule has 6 nitrogen and oxygen atoms in total. The van der Waals surface area contributed by atoms with Crippen molar-refractivity contribution in [1.82, 2.24) is 9.80 Å². The number of rotatable bonds is 6. The van der Waals surface area contributed by atoms with Crippen molar-refractivity contribution in [1.29, 1.82) is 0 Å². The smallest absolute Gasteiger partial charge is 0.253 e. The van der Waals surface area contributed by atoms with E-state index in [1.54, 1.807) is 0 Å². The zero-order valence-electron chi connectivity index (χ0n) is 15.2. The van der Waals surface area contributed by atoms with Gasteiger partial charge in [0.1, 0.15) is 11.4 Å². The van der Waals surface area contributed by atoms with E-state index < -0.39 is 0 Å². The third-order valence-corrected chi connectivity index (χ3v) is 4.98. The molecule has 0 amide bonds. The molecule has 0 radical (unpaired) electrons. The summed E-state index contributed by atoms with van der Waals surface area (Å²) in [6.45, 7) is 3.96. The van der Waals surface area contributed by atoms with Crippen LogP contribution >= 0.6 is 0 Å². The Balaban J connectivity index is 1.74. The van der Waals surface area contributed by atoms with Crippen molar-refractivity contribution >= 4 is 11.4 Å². The average molecular weight is 342 g/mol. The van der Waals surface area contributed by atoms with Gasteiger partial charge in [-0.15, -0.1) is 0 Å². The topological polar surface area (TPSA) is 55.9 Å². The normalized spacial score (nSPS) is 17.2. The Morgan fingerprint density at radius 2 is 1.68 bits per heavy atom. The van der Waals surface area contributed by atoms with Crippen molar-refractivity contribution in [2.45, 2.75) is 6.04 Å². The van der Waals surface area contributed by atoms with Crippen LogP contribution in [0.5, 0.6) is 0 Å². The Bertz CT molecular complexity index is 772. The van der Waals surface area contributed by atoms with Crippen LogP contribution in [0.3, 0.4) is 0 Å². The summed E-state index contributed by atoms with van der Waals surface area (Å²) in [6, 6.07) is 10.3. The van der Waals surface area contributed by atoms with Crippen molar-refractivity contribution in [3.05, 3.63) is 56.3 Å². The van der Waals surface area contributed by atoms with Crippen molar-refractivity contribution in [3.63, 3.8) is 0 Å². The van der Waals surface area contributed by atoms with Gasteiger partial charge in [0.15, 0.2) is 0 Å². The molecule has 1 heterocycles. The highest BCUT2D eigenvalue weighted by Crippen LogP contribution is 2.24. The van der Waals surface area contributed by atoms with Gasteiger partial charge in [0.2, 0.25) is 0 Å². The van der Waals surface area contributed by atoms with Crippen LogP contribution in [0.15, 0.2) is 39.9 Å². The molecule has 0 bridgehead atoms. The van der Waals surface area contributed by atoms with Crippen LogP contribution in [0.4, 0.5) is 11.4 Å². The maximum Gasteiger partial charge on any atom is 0.253 e. The molecule has 0 saturated carbocycles. The van der Waals surface area contributed by atoms with Crippen molar-refractivity contribution < 1.29 is 0 Å². The predicted molar refractivity (Wildman–Crippen MR) is 102 cm³/mol. The standard InChI is InChI=1S/C19H26N4O2/c1-21(2)15(14-7-5-4-6-8-14)13-20-16-17(19(25)18(16)24)23-11-9-22(3)10-12-23/h4-8,15,20H,9-13H2,1-3H3. The second-order valence-electron chi connectivity index (χ2n) is 6.94. The van der Waals surface area contributed by atoms with Crippen molar-refractivity contribution in [2.75, 3.05) is 64.1 Å². The van der Waals surface area contributed by atoms with Crippen LogP contribution in [0.25, 0.3) is 0 Å². The molecule has 1 aliphatic rings. The van der Waals surface area contributed by atoms with Crippen LogP contribution in [-0.4, -0.2) is 63.7 Å². The first-order chi connectivity index (χ1) is 12.0. The van der Waals surface area contributed by atoms with Gasteiger partial charge in [0.25, 0.3) is 10.9 Å². The van der Waals surface area contributed by atoms with E-state index >= 15 is 0 Å².